The van der Waals surface area contributed by atoms with Crippen LogP contribution in [0.15, 0.2) is 71.3 Å². The maximum Gasteiger partial charge on any atom is 0.175 e. The van der Waals surface area contributed by atoms with E-state index in [2.05, 4.69) is 5.16 Å². The summed E-state index contributed by atoms with van der Waals surface area (Å²) in [6, 6.07) is 16.5. The third-order valence-corrected chi connectivity index (χ3v) is 4.48. The summed E-state index contributed by atoms with van der Waals surface area (Å²) < 4.78 is 34.5. The summed E-state index contributed by atoms with van der Waals surface area (Å²) in [4.78, 5) is 0. The quantitative estimate of drug-likeness (QED) is 0.450. The van der Waals surface area contributed by atoms with Crippen molar-refractivity contribution in [1.82, 2.24) is 5.16 Å². The monoisotopic (exact) mass is 383 g/mol. The van der Waals surface area contributed by atoms with Gasteiger partial charge in [-0.15, -0.1) is 0 Å². The van der Waals surface area contributed by atoms with Gasteiger partial charge >= 0.3 is 0 Å². The topological polar surface area (TPSA) is 46.3 Å². The van der Waals surface area contributed by atoms with Crippen LogP contribution in [-0.2, 0) is 0 Å². The Morgan fingerprint density at radius 1 is 0.815 bits per heavy atom. The summed E-state index contributed by atoms with van der Waals surface area (Å²) in [5, 5.41) is 13.6. The van der Waals surface area contributed by atoms with Gasteiger partial charge in [-0.2, -0.15) is 0 Å². The van der Waals surface area contributed by atoms with E-state index < -0.39 is 11.6 Å². The molecule has 4 aromatic rings. The van der Waals surface area contributed by atoms with E-state index in [4.69, 9.17) is 16.1 Å². The molecule has 0 bridgehead atoms. The molecular weight excluding hydrogens is 372 g/mol. The normalized spacial score (nSPS) is 10.9. The van der Waals surface area contributed by atoms with Gasteiger partial charge in [-0.1, -0.05) is 41.0 Å². The van der Waals surface area contributed by atoms with Gasteiger partial charge < -0.3 is 9.63 Å². The molecule has 0 aliphatic heterocycles. The standard InChI is InChI=1S/C21H12ClF2NO2/c22-15-5-3-7-17(24)19(15)20-18(14-4-1-2-6-16(14)23)21(27-25-20)12-8-10-13(26)11-9-12/h1-11,26H. The number of phenols is 1. The predicted octanol–water partition coefficient (Wildman–Crippen LogP) is 6.31. The minimum Gasteiger partial charge on any atom is -0.508 e. The summed E-state index contributed by atoms with van der Waals surface area (Å²) in [6.07, 6.45) is 0. The number of nitrogens with zero attached hydrogens (tertiary/aromatic N) is 1. The molecule has 0 saturated heterocycles. The van der Waals surface area contributed by atoms with Crippen LogP contribution in [-0.4, -0.2) is 10.3 Å². The molecule has 0 aliphatic carbocycles. The van der Waals surface area contributed by atoms with Gasteiger partial charge in [0.2, 0.25) is 0 Å². The van der Waals surface area contributed by atoms with E-state index in [-0.39, 0.29) is 38.9 Å². The van der Waals surface area contributed by atoms with Gasteiger partial charge in [0, 0.05) is 11.1 Å². The number of aromatic nitrogens is 1. The highest BCUT2D eigenvalue weighted by Crippen LogP contribution is 2.43. The first-order valence-corrected chi connectivity index (χ1v) is 8.42. The Hall–Kier alpha value is -3.18. The summed E-state index contributed by atoms with van der Waals surface area (Å²) in [5.41, 5.74) is 1.18. The van der Waals surface area contributed by atoms with Crippen LogP contribution in [0, 0.1) is 11.6 Å². The molecule has 27 heavy (non-hydrogen) atoms. The number of rotatable bonds is 3. The Bertz CT molecular complexity index is 1100. The van der Waals surface area contributed by atoms with Gasteiger partial charge in [0.1, 0.15) is 23.1 Å². The van der Waals surface area contributed by atoms with E-state index >= 15 is 0 Å². The van der Waals surface area contributed by atoms with E-state index in [0.717, 1.165) is 0 Å². The number of hydrogen-bond acceptors (Lipinski definition) is 3. The fourth-order valence-electron chi connectivity index (χ4n) is 2.91. The molecule has 0 radical (unpaired) electrons. The SMILES string of the molecule is Oc1ccc(-c2onc(-c3c(F)cccc3Cl)c2-c2ccccc2F)cc1. The van der Waals surface area contributed by atoms with Crippen molar-refractivity contribution in [2.75, 3.05) is 0 Å². The number of aromatic hydroxyl groups is 1. The number of benzene rings is 3. The smallest absolute Gasteiger partial charge is 0.175 e. The first kappa shape index (κ1) is 17.2. The average Bonchev–Trinajstić information content (AvgIpc) is 3.07. The summed E-state index contributed by atoms with van der Waals surface area (Å²) in [5.74, 6) is -0.780. The lowest BCUT2D eigenvalue weighted by Crippen LogP contribution is -1.91. The van der Waals surface area contributed by atoms with Crippen molar-refractivity contribution in [2.24, 2.45) is 0 Å². The van der Waals surface area contributed by atoms with Crippen molar-refractivity contribution >= 4 is 11.6 Å². The van der Waals surface area contributed by atoms with Crippen molar-refractivity contribution in [3.05, 3.63) is 83.4 Å². The largest absolute Gasteiger partial charge is 0.508 e. The molecule has 0 saturated carbocycles. The highest BCUT2D eigenvalue weighted by Gasteiger charge is 2.26. The first-order valence-electron chi connectivity index (χ1n) is 8.04. The molecular formula is C21H12ClF2NO2. The Morgan fingerprint density at radius 2 is 1.52 bits per heavy atom. The van der Waals surface area contributed by atoms with Crippen LogP contribution in [0.3, 0.4) is 0 Å². The van der Waals surface area contributed by atoms with E-state index in [1.165, 1.54) is 36.4 Å². The molecule has 6 heteroatoms. The number of phenolic OH excluding ortho intramolecular Hbond substituents is 1. The van der Waals surface area contributed by atoms with Crippen LogP contribution in [0.25, 0.3) is 33.7 Å². The maximum atomic E-state index is 14.6. The molecule has 0 fully saturated rings. The molecule has 0 spiro atoms. The Morgan fingerprint density at radius 3 is 2.22 bits per heavy atom. The van der Waals surface area contributed by atoms with Crippen molar-refractivity contribution < 1.29 is 18.4 Å². The minimum absolute atomic E-state index is 0.0335. The maximum absolute atomic E-state index is 14.6. The highest BCUT2D eigenvalue weighted by atomic mass is 35.5. The zero-order valence-corrected chi connectivity index (χ0v) is 14.5. The predicted molar refractivity (Wildman–Crippen MR) is 99.4 cm³/mol. The fraction of sp³-hybridized carbons (Fsp3) is 0. The van der Waals surface area contributed by atoms with Gasteiger partial charge in [-0.3, -0.25) is 0 Å². The molecule has 1 heterocycles. The second-order valence-electron chi connectivity index (χ2n) is 5.86. The molecule has 134 valence electrons. The second-order valence-corrected chi connectivity index (χ2v) is 6.27. The van der Waals surface area contributed by atoms with E-state index in [0.29, 0.717) is 5.56 Å². The zero-order valence-electron chi connectivity index (χ0n) is 13.8. The molecule has 0 amide bonds. The molecule has 1 N–H and O–H groups in total. The molecule has 3 nitrogen and oxygen atoms in total. The molecule has 3 aromatic carbocycles. The first-order chi connectivity index (χ1) is 13.1. The molecule has 1 aromatic heterocycles. The molecule has 0 aliphatic rings. The fourth-order valence-corrected chi connectivity index (χ4v) is 3.16. The van der Waals surface area contributed by atoms with Crippen LogP contribution in [0.2, 0.25) is 5.02 Å². The Balaban J connectivity index is 2.04. The third kappa shape index (κ3) is 3.06. The molecule has 4 rings (SSSR count). The number of hydrogen-bond donors (Lipinski definition) is 1. The summed E-state index contributed by atoms with van der Waals surface area (Å²) in [7, 11) is 0. The second kappa shape index (κ2) is 6.85. The molecule has 0 atom stereocenters. The number of halogens is 3. The van der Waals surface area contributed by atoms with E-state index in [1.54, 1.807) is 30.3 Å². The summed E-state index contributed by atoms with van der Waals surface area (Å²) in [6.45, 7) is 0. The van der Waals surface area contributed by atoms with E-state index in [1.807, 2.05) is 0 Å². The van der Waals surface area contributed by atoms with Crippen LogP contribution >= 0.6 is 11.6 Å². The van der Waals surface area contributed by atoms with Crippen LogP contribution in [0.5, 0.6) is 5.75 Å². The van der Waals surface area contributed by atoms with Crippen LogP contribution in [0.1, 0.15) is 0 Å². The Labute approximate surface area is 158 Å². The summed E-state index contributed by atoms with van der Waals surface area (Å²) >= 11 is 6.19. The van der Waals surface area contributed by atoms with Gasteiger partial charge in [-0.05, 0) is 42.5 Å². The lowest BCUT2D eigenvalue weighted by molar-refractivity contribution is 0.434. The van der Waals surface area contributed by atoms with Crippen molar-refractivity contribution in [2.45, 2.75) is 0 Å². The lowest BCUT2D eigenvalue weighted by atomic mass is 9.95. The van der Waals surface area contributed by atoms with Gasteiger partial charge in [0.25, 0.3) is 0 Å². The van der Waals surface area contributed by atoms with Crippen LogP contribution < -0.4 is 0 Å². The van der Waals surface area contributed by atoms with Gasteiger partial charge in [0.05, 0.1) is 16.1 Å². The van der Waals surface area contributed by atoms with Crippen molar-refractivity contribution in [1.29, 1.82) is 0 Å². The minimum atomic E-state index is -0.592. The molecule has 0 unspecified atom stereocenters. The van der Waals surface area contributed by atoms with E-state index in [9.17, 15) is 13.9 Å². The van der Waals surface area contributed by atoms with Gasteiger partial charge in [0.15, 0.2) is 5.76 Å². The highest BCUT2D eigenvalue weighted by molar-refractivity contribution is 6.33. The van der Waals surface area contributed by atoms with Gasteiger partial charge in [-0.25, -0.2) is 8.78 Å². The Kier molecular flexibility index (Phi) is 4.38. The van der Waals surface area contributed by atoms with Crippen molar-refractivity contribution in [3.8, 4) is 39.5 Å². The lowest BCUT2D eigenvalue weighted by Gasteiger charge is -2.08. The third-order valence-electron chi connectivity index (χ3n) is 4.16. The van der Waals surface area contributed by atoms with Crippen LogP contribution in [0.4, 0.5) is 8.78 Å². The van der Waals surface area contributed by atoms with Crippen molar-refractivity contribution in [3.63, 3.8) is 0 Å². The zero-order chi connectivity index (χ0) is 19.0. The average molecular weight is 384 g/mol.